The highest BCUT2D eigenvalue weighted by Crippen LogP contribution is 2.33. The summed E-state index contributed by atoms with van der Waals surface area (Å²) in [6.07, 6.45) is 3.85. The molecule has 180 valence electrons. The normalized spacial score (nSPS) is 12.8. The molecular weight excluding hydrogens is 403 g/mol. The molecule has 0 bridgehead atoms. The molecule has 0 atom stereocenters. The molecule has 4 rings (SSSR count). The van der Waals surface area contributed by atoms with Crippen LogP contribution >= 0.6 is 0 Å². The Morgan fingerprint density at radius 1 is 0.812 bits per heavy atom. The van der Waals surface area contributed by atoms with Gasteiger partial charge in [-0.25, -0.2) is 4.39 Å². The van der Waals surface area contributed by atoms with E-state index >= 15 is 0 Å². The molecule has 0 fully saturated rings. The highest BCUT2D eigenvalue weighted by molar-refractivity contribution is 5.47. The third-order valence-corrected chi connectivity index (χ3v) is 5.51. The first-order chi connectivity index (χ1) is 15.4. The van der Waals surface area contributed by atoms with Gasteiger partial charge in [-0.15, -0.1) is 0 Å². The van der Waals surface area contributed by atoms with Gasteiger partial charge >= 0.3 is 0 Å². The summed E-state index contributed by atoms with van der Waals surface area (Å²) in [5.74, 6) is 1.65. The third-order valence-electron chi connectivity index (χ3n) is 5.51. The van der Waals surface area contributed by atoms with Gasteiger partial charge in [0.25, 0.3) is 0 Å². The lowest BCUT2D eigenvalue weighted by atomic mass is 10.0. The zero-order chi connectivity index (χ0) is 24.4. The lowest BCUT2D eigenvalue weighted by Gasteiger charge is -2.12. The van der Waals surface area contributed by atoms with Crippen LogP contribution in [0.1, 0.15) is 101 Å². The maximum absolute atomic E-state index is 13.8. The summed E-state index contributed by atoms with van der Waals surface area (Å²) in [4.78, 5) is 8.97. The predicted molar refractivity (Wildman–Crippen MR) is 132 cm³/mol. The minimum atomic E-state index is -0.208. The SMILES string of the molecule is CC.CC.CCc1nc2c(c(CC)c1C)OCC2.Cc1c(F)c(C(C)C)nc2c1OCC2. The van der Waals surface area contributed by atoms with Crippen LogP contribution in [-0.2, 0) is 25.7 Å². The molecule has 0 aromatic carbocycles. The van der Waals surface area contributed by atoms with E-state index in [1.54, 1.807) is 6.92 Å². The Labute approximate surface area is 195 Å². The molecule has 2 aromatic heterocycles. The van der Waals surface area contributed by atoms with E-state index < -0.39 is 0 Å². The van der Waals surface area contributed by atoms with Crippen LogP contribution in [0.4, 0.5) is 4.39 Å². The van der Waals surface area contributed by atoms with Gasteiger partial charge in [0.1, 0.15) is 11.5 Å². The van der Waals surface area contributed by atoms with Gasteiger partial charge in [0.05, 0.1) is 30.3 Å². The molecule has 0 radical (unpaired) electrons. The van der Waals surface area contributed by atoms with Crippen molar-refractivity contribution < 1.29 is 13.9 Å². The van der Waals surface area contributed by atoms with Crippen molar-refractivity contribution in [2.24, 2.45) is 0 Å². The quantitative estimate of drug-likeness (QED) is 0.505. The topological polar surface area (TPSA) is 44.2 Å². The molecule has 2 aliphatic heterocycles. The Bertz CT molecular complexity index is 878. The van der Waals surface area contributed by atoms with E-state index in [0.717, 1.165) is 43.7 Å². The highest BCUT2D eigenvalue weighted by Gasteiger charge is 2.23. The first kappa shape index (κ1) is 27.9. The average Bonchev–Trinajstić information content (AvgIpc) is 3.48. The average molecular weight is 447 g/mol. The van der Waals surface area contributed by atoms with Crippen LogP contribution in [0, 0.1) is 19.7 Å². The molecule has 4 heterocycles. The summed E-state index contributed by atoms with van der Waals surface area (Å²) in [5, 5.41) is 0. The lowest BCUT2D eigenvalue weighted by Crippen LogP contribution is -2.03. The molecule has 0 amide bonds. The van der Waals surface area contributed by atoms with Gasteiger partial charge in [-0.3, -0.25) is 9.97 Å². The monoisotopic (exact) mass is 446 g/mol. The van der Waals surface area contributed by atoms with Gasteiger partial charge in [0.2, 0.25) is 0 Å². The molecule has 32 heavy (non-hydrogen) atoms. The molecule has 2 aliphatic rings. The number of rotatable bonds is 3. The van der Waals surface area contributed by atoms with Crippen LogP contribution in [0.3, 0.4) is 0 Å². The van der Waals surface area contributed by atoms with Crippen LogP contribution in [0.15, 0.2) is 0 Å². The lowest BCUT2D eigenvalue weighted by molar-refractivity contribution is 0.352. The van der Waals surface area contributed by atoms with Crippen LogP contribution in [0.2, 0.25) is 0 Å². The Kier molecular flexibility index (Phi) is 11.7. The van der Waals surface area contributed by atoms with Gasteiger partial charge in [-0.1, -0.05) is 55.4 Å². The molecule has 0 aliphatic carbocycles. The molecule has 4 nitrogen and oxygen atoms in total. The van der Waals surface area contributed by atoms with Gasteiger partial charge < -0.3 is 9.47 Å². The first-order valence-electron chi connectivity index (χ1n) is 12.3. The number of nitrogens with zero attached hydrogens (tertiary/aromatic N) is 2. The van der Waals surface area contributed by atoms with E-state index in [-0.39, 0.29) is 11.7 Å². The largest absolute Gasteiger partial charge is 0.491 e. The summed E-state index contributed by atoms with van der Waals surface area (Å²) in [6.45, 7) is 21.6. The number of fused-ring (bicyclic) bond motifs is 2. The summed E-state index contributed by atoms with van der Waals surface area (Å²) < 4.78 is 24.7. The Balaban J connectivity index is 0.000000277. The second-order valence-electron chi connectivity index (χ2n) is 7.71. The van der Waals surface area contributed by atoms with Crippen molar-refractivity contribution in [3.63, 3.8) is 0 Å². The van der Waals surface area contributed by atoms with E-state index in [0.29, 0.717) is 23.6 Å². The minimum Gasteiger partial charge on any atom is -0.491 e. The number of aromatic nitrogens is 2. The van der Waals surface area contributed by atoms with E-state index in [1.165, 1.54) is 22.5 Å². The van der Waals surface area contributed by atoms with Gasteiger partial charge in [0.15, 0.2) is 5.82 Å². The zero-order valence-electron chi connectivity index (χ0n) is 21.9. The van der Waals surface area contributed by atoms with E-state index in [4.69, 9.17) is 9.47 Å². The molecule has 0 spiro atoms. The van der Waals surface area contributed by atoms with Crippen molar-refractivity contribution >= 4 is 0 Å². The van der Waals surface area contributed by atoms with Crippen LogP contribution in [0.5, 0.6) is 11.5 Å². The molecular formula is C27H43FN2O2. The van der Waals surface area contributed by atoms with Crippen molar-refractivity contribution in [3.8, 4) is 11.5 Å². The number of pyridine rings is 2. The summed E-state index contributed by atoms with van der Waals surface area (Å²) in [7, 11) is 0. The van der Waals surface area contributed by atoms with Crippen LogP contribution in [-0.4, -0.2) is 23.2 Å². The molecule has 0 unspecified atom stereocenters. The molecule has 0 N–H and O–H groups in total. The van der Waals surface area contributed by atoms with Crippen LogP contribution in [0.25, 0.3) is 0 Å². The molecule has 2 aromatic rings. The maximum Gasteiger partial charge on any atom is 0.151 e. The number of ether oxygens (including phenoxy) is 2. The van der Waals surface area contributed by atoms with Crippen LogP contribution < -0.4 is 9.47 Å². The molecule has 0 saturated heterocycles. The standard InChI is InChI=1S/C12H17NO.C11H14FNO.2C2H6/c1-4-9-8(3)10(5-2)13-11-6-7-14-12(9)11;1-6(2)10-9(12)7(3)11-8(13-10)4-5-14-11;2*1-2/h4-7H2,1-3H3;6H,4-5H2,1-3H3;2*1-2H3. The van der Waals surface area contributed by atoms with Gasteiger partial charge in [-0.05, 0) is 38.2 Å². The smallest absolute Gasteiger partial charge is 0.151 e. The van der Waals surface area contributed by atoms with Crippen molar-refractivity contribution in [1.82, 2.24) is 9.97 Å². The number of aryl methyl sites for hydroxylation is 1. The van der Waals surface area contributed by atoms with Gasteiger partial charge in [-0.2, -0.15) is 0 Å². The first-order valence-corrected chi connectivity index (χ1v) is 12.3. The fourth-order valence-corrected chi connectivity index (χ4v) is 3.92. The van der Waals surface area contributed by atoms with Crippen molar-refractivity contribution in [1.29, 1.82) is 0 Å². The number of halogens is 1. The van der Waals surface area contributed by atoms with Crippen molar-refractivity contribution in [3.05, 3.63) is 45.3 Å². The summed E-state index contributed by atoms with van der Waals surface area (Å²) in [5.41, 5.74) is 7.19. The van der Waals surface area contributed by atoms with E-state index in [1.807, 2.05) is 41.5 Å². The summed E-state index contributed by atoms with van der Waals surface area (Å²) in [6, 6.07) is 0. The van der Waals surface area contributed by atoms with Gasteiger partial charge in [0, 0.05) is 29.7 Å². The van der Waals surface area contributed by atoms with Crippen molar-refractivity contribution in [2.45, 2.75) is 101 Å². The predicted octanol–water partition coefficient (Wildman–Crippen LogP) is 7.09. The Morgan fingerprint density at radius 3 is 1.84 bits per heavy atom. The maximum atomic E-state index is 13.8. The van der Waals surface area contributed by atoms with Crippen molar-refractivity contribution in [2.75, 3.05) is 13.2 Å². The second kappa shape index (κ2) is 13.4. The minimum absolute atomic E-state index is 0.125. The fourth-order valence-electron chi connectivity index (χ4n) is 3.92. The molecule has 5 heteroatoms. The Morgan fingerprint density at radius 2 is 1.34 bits per heavy atom. The van der Waals surface area contributed by atoms with E-state index in [9.17, 15) is 4.39 Å². The third kappa shape index (κ3) is 5.99. The van der Waals surface area contributed by atoms with E-state index in [2.05, 4.69) is 30.7 Å². The fraction of sp³-hybridized carbons (Fsp3) is 0.630. The zero-order valence-corrected chi connectivity index (χ0v) is 21.9. The number of hydrogen-bond acceptors (Lipinski definition) is 4. The second-order valence-corrected chi connectivity index (χ2v) is 7.71. The summed E-state index contributed by atoms with van der Waals surface area (Å²) >= 11 is 0. The Hall–Kier alpha value is -2.17. The molecule has 0 saturated carbocycles. The number of hydrogen-bond donors (Lipinski definition) is 0. The highest BCUT2D eigenvalue weighted by atomic mass is 19.1.